The van der Waals surface area contributed by atoms with Crippen molar-refractivity contribution in [2.75, 3.05) is 42.9 Å². The van der Waals surface area contributed by atoms with Crippen molar-refractivity contribution in [2.24, 2.45) is 0 Å². The number of hydrogen-bond acceptors (Lipinski definition) is 5. The van der Waals surface area contributed by atoms with Crippen molar-refractivity contribution in [1.82, 2.24) is 15.2 Å². The molecule has 29 heavy (non-hydrogen) atoms. The van der Waals surface area contributed by atoms with Crippen molar-refractivity contribution in [3.05, 3.63) is 42.1 Å². The highest BCUT2D eigenvalue weighted by molar-refractivity contribution is 5.99. The number of pyridine rings is 1. The summed E-state index contributed by atoms with van der Waals surface area (Å²) in [4.78, 5) is 43.1. The molecule has 3 amide bonds. The van der Waals surface area contributed by atoms with Crippen LogP contribution < -0.4 is 15.5 Å². The minimum Gasteiger partial charge on any atom is -0.353 e. The Morgan fingerprint density at radius 3 is 2.55 bits per heavy atom. The van der Waals surface area contributed by atoms with Crippen molar-refractivity contribution in [1.29, 1.82) is 0 Å². The van der Waals surface area contributed by atoms with E-state index in [0.717, 1.165) is 28.2 Å². The highest BCUT2D eigenvalue weighted by Gasteiger charge is 2.22. The highest BCUT2D eigenvalue weighted by atomic mass is 16.2. The Hall–Kier alpha value is -3.42. The van der Waals surface area contributed by atoms with Crippen molar-refractivity contribution in [2.45, 2.75) is 13.3 Å². The molecule has 2 aliphatic heterocycles. The molecule has 2 N–H and O–H groups in total. The maximum Gasteiger partial charge on any atom is 0.242 e. The lowest BCUT2D eigenvalue weighted by molar-refractivity contribution is -0.132. The summed E-state index contributed by atoms with van der Waals surface area (Å²) in [5.74, 6) is 0.640. The second kappa shape index (κ2) is 7.90. The predicted molar refractivity (Wildman–Crippen MR) is 109 cm³/mol. The molecule has 3 heterocycles. The summed E-state index contributed by atoms with van der Waals surface area (Å²) in [5.41, 5.74) is 3.93. The Labute approximate surface area is 168 Å². The lowest BCUT2D eigenvalue weighted by Crippen LogP contribution is -2.51. The van der Waals surface area contributed by atoms with Gasteiger partial charge in [0.1, 0.15) is 5.82 Å². The van der Waals surface area contributed by atoms with E-state index in [2.05, 4.69) is 20.5 Å². The van der Waals surface area contributed by atoms with Gasteiger partial charge in [0, 0.05) is 50.6 Å². The number of rotatable bonds is 4. The van der Waals surface area contributed by atoms with Gasteiger partial charge in [-0.2, -0.15) is 0 Å². The maximum absolute atomic E-state index is 12.1. The van der Waals surface area contributed by atoms with Crippen LogP contribution in [0.15, 0.2) is 36.5 Å². The van der Waals surface area contributed by atoms with E-state index in [1.54, 1.807) is 4.90 Å². The Bertz CT molecular complexity index is 949. The van der Waals surface area contributed by atoms with Gasteiger partial charge in [0.15, 0.2) is 0 Å². The fraction of sp³-hybridized carbons (Fsp3) is 0.333. The van der Waals surface area contributed by atoms with E-state index in [0.29, 0.717) is 32.6 Å². The van der Waals surface area contributed by atoms with Crippen LogP contribution in [0.4, 0.5) is 11.5 Å². The number of nitrogens with one attached hydrogen (secondary N) is 2. The Kier molecular flexibility index (Phi) is 5.16. The first-order chi connectivity index (χ1) is 14.0. The third-order valence-corrected chi connectivity index (χ3v) is 5.26. The summed E-state index contributed by atoms with van der Waals surface area (Å²) in [5, 5.41) is 5.39. The predicted octanol–water partition coefficient (Wildman–Crippen LogP) is 1.03. The monoisotopic (exact) mass is 393 g/mol. The van der Waals surface area contributed by atoms with Crippen LogP contribution in [-0.2, 0) is 20.8 Å². The number of nitrogens with zero attached hydrogens (tertiary/aromatic N) is 3. The van der Waals surface area contributed by atoms with Crippen molar-refractivity contribution in [3.63, 3.8) is 0 Å². The van der Waals surface area contributed by atoms with Gasteiger partial charge in [0.25, 0.3) is 0 Å². The zero-order valence-electron chi connectivity index (χ0n) is 16.3. The van der Waals surface area contributed by atoms with Crippen molar-refractivity contribution in [3.8, 4) is 11.1 Å². The smallest absolute Gasteiger partial charge is 0.242 e. The number of fused-ring (bicyclic) bond motifs is 1. The second-order valence-electron chi connectivity index (χ2n) is 7.28. The number of amides is 3. The Balaban J connectivity index is 1.37. The molecule has 1 fully saturated rings. The third kappa shape index (κ3) is 4.21. The number of hydrogen-bond donors (Lipinski definition) is 2. The van der Waals surface area contributed by atoms with Gasteiger partial charge in [-0.3, -0.25) is 14.4 Å². The zero-order valence-corrected chi connectivity index (χ0v) is 16.3. The van der Waals surface area contributed by atoms with E-state index < -0.39 is 0 Å². The summed E-state index contributed by atoms with van der Waals surface area (Å²) < 4.78 is 0. The molecule has 0 unspecified atom stereocenters. The summed E-state index contributed by atoms with van der Waals surface area (Å²) in [6, 6.07) is 9.97. The topological polar surface area (TPSA) is 94.6 Å². The molecule has 1 aromatic carbocycles. The van der Waals surface area contributed by atoms with Crippen LogP contribution in [0.2, 0.25) is 0 Å². The van der Waals surface area contributed by atoms with Crippen LogP contribution in [-0.4, -0.2) is 60.3 Å². The van der Waals surface area contributed by atoms with E-state index in [4.69, 9.17) is 0 Å². The molecule has 0 spiro atoms. The average Bonchev–Trinajstić information content (AvgIpc) is 3.11. The molecule has 0 aliphatic carbocycles. The van der Waals surface area contributed by atoms with Gasteiger partial charge in [-0.05, 0) is 35.4 Å². The van der Waals surface area contributed by atoms with Crippen molar-refractivity contribution >= 4 is 29.2 Å². The molecule has 1 saturated heterocycles. The highest BCUT2D eigenvalue weighted by Crippen LogP contribution is 2.29. The standard InChI is InChI=1S/C21H23N5O3/c1-14(27)22-13-21(29)26-8-6-25(7-9-26)19-5-3-16(12-23-19)15-2-4-18-17(10-15)11-20(28)24-18/h2-5,10,12H,6-9,11,13H2,1H3,(H,22,27)(H,24,28). The first kappa shape index (κ1) is 18.9. The van der Waals surface area contributed by atoms with Gasteiger partial charge in [0.05, 0.1) is 13.0 Å². The van der Waals surface area contributed by atoms with Crippen LogP contribution in [0, 0.1) is 0 Å². The van der Waals surface area contributed by atoms with E-state index in [1.165, 1.54) is 6.92 Å². The fourth-order valence-corrected chi connectivity index (χ4v) is 3.65. The molecular formula is C21H23N5O3. The largest absolute Gasteiger partial charge is 0.353 e. The van der Waals surface area contributed by atoms with Gasteiger partial charge in [-0.15, -0.1) is 0 Å². The van der Waals surface area contributed by atoms with E-state index in [9.17, 15) is 14.4 Å². The molecule has 0 bridgehead atoms. The van der Waals surface area contributed by atoms with Crippen LogP contribution in [0.25, 0.3) is 11.1 Å². The molecule has 0 saturated carbocycles. The number of anilines is 2. The SMILES string of the molecule is CC(=O)NCC(=O)N1CCN(c2ccc(-c3ccc4c(c3)CC(=O)N4)cn2)CC1. The van der Waals surface area contributed by atoms with Crippen LogP contribution in [0.3, 0.4) is 0 Å². The summed E-state index contributed by atoms with van der Waals surface area (Å²) in [7, 11) is 0. The first-order valence-electron chi connectivity index (χ1n) is 9.66. The normalized spacial score (nSPS) is 15.7. The average molecular weight is 393 g/mol. The molecule has 1 aromatic heterocycles. The van der Waals surface area contributed by atoms with Gasteiger partial charge in [-0.25, -0.2) is 4.98 Å². The number of carbonyl (C=O) groups is 3. The van der Waals surface area contributed by atoms with Crippen LogP contribution >= 0.6 is 0 Å². The molecular weight excluding hydrogens is 370 g/mol. The molecule has 8 nitrogen and oxygen atoms in total. The molecule has 150 valence electrons. The Morgan fingerprint density at radius 1 is 1.10 bits per heavy atom. The molecule has 0 radical (unpaired) electrons. The van der Waals surface area contributed by atoms with E-state index >= 15 is 0 Å². The van der Waals surface area contributed by atoms with E-state index in [-0.39, 0.29) is 24.3 Å². The minimum atomic E-state index is -0.201. The lowest BCUT2D eigenvalue weighted by atomic mass is 10.0. The summed E-state index contributed by atoms with van der Waals surface area (Å²) in [6.45, 7) is 4.06. The van der Waals surface area contributed by atoms with Crippen LogP contribution in [0.1, 0.15) is 12.5 Å². The number of aromatic nitrogens is 1. The molecule has 8 heteroatoms. The minimum absolute atomic E-state index is 0.0281. The third-order valence-electron chi connectivity index (χ3n) is 5.26. The van der Waals surface area contributed by atoms with E-state index in [1.807, 2.05) is 36.5 Å². The first-order valence-corrected chi connectivity index (χ1v) is 9.66. The lowest BCUT2D eigenvalue weighted by Gasteiger charge is -2.35. The zero-order chi connectivity index (χ0) is 20.4. The molecule has 4 rings (SSSR count). The quantitative estimate of drug-likeness (QED) is 0.809. The fourth-order valence-electron chi connectivity index (χ4n) is 3.65. The number of piperazine rings is 1. The summed E-state index contributed by atoms with van der Waals surface area (Å²) in [6.07, 6.45) is 2.26. The molecule has 2 aromatic rings. The number of carbonyl (C=O) groups excluding carboxylic acids is 3. The van der Waals surface area contributed by atoms with Crippen molar-refractivity contribution < 1.29 is 14.4 Å². The summed E-state index contributed by atoms with van der Waals surface area (Å²) >= 11 is 0. The van der Waals surface area contributed by atoms with Gasteiger partial charge < -0.3 is 20.4 Å². The second-order valence-corrected chi connectivity index (χ2v) is 7.28. The Morgan fingerprint density at radius 2 is 1.86 bits per heavy atom. The van der Waals surface area contributed by atoms with Gasteiger partial charge >= 0.3 is 0 Å². The maximum atomic E-state index is 12.1. The van der Waals surface area contributed by atoms with Gasteiger partial charge in [-0.1, -0.05) is 6.07 Å². The van der Waals surface area contributed by atoms with Crippen LogP contribution in [0.5, 0.6) is 0 Å². The molecule has 2 aliphatic rings. The van der Waals surface area contributed by atoms with Gasteiger partial charge in [0.2, 0.25) is 17.7 Å². The number of benzene rings is 1. The molecule has 0 atom stereocenters.